The van der Waals surface area contributed by atoms with Crippen LogP contribution in [0.1, 0.15) is 37.6 Å². The molecule has 7 nitrogen and oxygen atoms in total. The number of amides is 1. The van der Waals surface area contributed by atoms with Gasteiger partial charge in [-0.1, -0.05) is 43.8 Å². The molecular weight excluding hydrogens is 386 g/mol. The Labute approximate surface area is 163 Å². The molecule has 3 rings (SSSR count). The van der Waals surface area contributed by atoms with Gasteiger partial charge >= 0.3 is 0 Å². The van der Waals surface area contributed by atoms with Gasteiger partial charge in [0.05, 0.1) is 17.3 Å². The lowest BCUT2D eigenvalue weighted by Gasteiger charge is -2.13. The van der Waals surface area contributed by atoms with Crippen molar-refractivity contribution >= 4 is 33.2 Å². The Bertz CT molecular complexity index is 909. The second-order valence-electron chi connectivity index (χ2n) is 7.01. The quantitative estimate of drug-likeness (QED) is 0.702. The minimum absolute atomic E-state index is 0.0316. The van der Waals surface area contributed by atoms with Crippen molar-refractivity contribution in [2.75, 3.05) is 22.6 Å². The van der Waals surface area contributed by atoms with E-state index >= 15 is 0 Å². The van der Waals surface area contributed by atoms with Gasteiger partial charge in [0.1, 0.15) is 0 Å². The number of carbonyl (C=O) groups excluding carboxylic acids is 1. The van der Waals surface area contributed by atoms with Crippen LogP contribution in [0.25, 0.3) is 0 Å². The number of nitrogens with zero attached hydrogens (tertiary/aromatic N) is 2. The molecule has 1 N–H and O–H groups in total. The molecule has 0 aliphatic carbocycles. The van der Waals surface area contributed by atoms with Gasteiger partial charge in [0.2, 0.25) is 11.8 Å². The maximum Gasteiger partial charge on any atom is 0.277 e. The first-order chi connectivity index (χ1) is 12.8. The van der Waals surface area contributed by atoms with Crippen LogP contribution in [-0.2, 0) is 21.1 Å². The van der Waals surface area contributed by atoms with Gasteiger partial charge < -0.3 is 9.73 Å². The molecule has 27 heavy (non-hydrogen) atoms. The molecule has 1 aliphatic rings. The molecule has 0 spiro atoms. The third-order valence-corrected chi connectivity index (χ3v) is 7.08. The summed E-state index contributed by atoms with van der Waals surface area (Å²) < 4.78 is 28.6. The minimum Gasteiger partial charge on any atom is -0.416 e. The summed E-state index contributed by atoms with van der Waals surface area (Å²) >= 11 is 1.17. The van der Waals surface area contributed by atoms with E-state index in [1.807, 2.05) is 24.3 Å². The Morgan fingerprint density at radius 1 is 1.33 bits per heavy atom. The van der Waals surface area contributed by atoms with Gasteiger partial charge in [0, 0.05) is 12.1 Å². The standard InChI is InChI=1S/C18H23N3O4S2/c1-12(2)14-5-3-4-6-15(14)19-16(22)10-26-18-21-20-17(25-18)9-13-7-8-27(23,24)11-13/h3-6,12-13H,7-11H2,1-2H3,(H,19,22)/t13-/m0/s1. The highest BCUT2D eigenvalue weighted by Crippen LogP contribution is 2.25. The highest BCUT2D eigenvalue weighted by molar-refractivity contribution is 7.99. The van der Waals surface area contributed by atoms with E-state index in [9.17, 15) is 13.2 Å². The normalized spacial score (nSPS) is 18.7. The van der Waals surface area contributed by atoms with Gasteiger partial charge in [-0.25, -0.2) is 8.42 Å². The number of benzene rings is 1. The zero-order valence-corrected chi connectivity index (χ0v) is 17.0. The van der Waals surface area contributed by atoms with Crippen LogP contribution in [0.3, 0.4) is 0 Å². The second kappa shape index (κ2) is 8.43. The predicted octanol–water partition coefficient (Wildman–Crippen LogP) is 2.90. The average Bonchev–Trinajstić information content (AvgIpc) is 3.19. The van der Waals surface area contributed by atoms with E-state index in [1.54, 1.807) is 0 Å². The van der Waals surface area contributed by atoms with Crippen LogP contribution in [0.4, 0.5) is 5.69 Å². The van der Waals surface area contributed by atoms with Gasteiger partial charge in [-0.3, -0.25) is 4.79 Å². The molecule has 1 amide bonds. The average molecular weight is 410 g/mol. The number of hydrogen-bond donors (Lipinski definition) is 1. The van der Waals surface area contributed by atoms with E-state index in [4.69, 9.17) is 4.42 Å². The van der Waals surface area contributed by atoms with Crippen molar-refractivity contribution in [1.82, 2.24) is 10.2 Å². The molecule has 2 aromatic rings. The van der Waals surface area contributed by atoms with Gasteiger partial charge in [0.25, 0.3) is 5.22 Å². The van der Waals surface area contributed by atoms with E-state index < -0.39 is 9.84 Å². The summed E-state index contributed by atoms with van der Waals surface area (Å²) in [6.07, 6.45) is 1.09. The fourth-order valence-electron chi connectivity index (χ4n) is 3.09. The van der Waals surface area contributed by atoms with Crippen LogP contribution < -0.4 is 5.32 Å². The monoisotopic (exact) mass is 409 g/mol. The highest BCUT2D eigenvalue weighted by atomic mass is 32.2. The summed E-state index contributed by atoms with van der Waals surface area (Å²) in [4.78, 5) is 12.2. The first-order valence-corrected chi connectivity index (χ1v) is 11.7. The summed E-state index contributed by atoms with van der Waals surface area (Å²) in [6.45, 7) is 4.16. The molecule has 0 saturated carbocycles. The third-order valence-electron chi connectivity index (χ3n) is 4.42. The molecule has 1 aromatic carbocycles. The molecule has 1 atom stereocenters. The largest absolute Gasteiger partial charge is 0.416 e. The summed E-state index contributed by atoms with van der Waals surface area (Å²) in [5, 5.41) is 11.1. The summed E-state index contributed by atoms with van der Waals surface area (Å²) in [5.41, 5.74) is 1.90. The lowest BCUT2D eigenvalue weighted by atomic mass is 10.0. The van der Waals surface area contributed by atoms with Crippen LogP contribution in [0.5, 0.6) is 0 Å². The van der Waals surface area contributed by atoms with E-state index in [0.29, 0.717) is 29.9 Å². The zero-order valence-electron chi connectivity index (χ0n) is 15.3. The molecule has 1 saturated heterocycles. The smallest absolute Gasteiger partial charge is 0.277 e. The molecule has 0 radical (unpaired) electrons. The first kappa shape index (κ1) is 19.9. The fourth-order valence-corrected chi connectivity index (χ4v) is 5.53. The van der Waals surface area contributed by atoms with Gasteiger partial charge in [-0.15, -0.1) is 10.2 Å². The van der Waals surface area contributed by atoms with Crippen molar-refractivity contribution in [1.29, 1.82) is 0 Å². The maximum absolute atomic E-state index is 12.2. The first-order valence-electron chi connectivity index (χ1n) is 8.87. The Morgan fingerprint density at radius 2 is 2.11 bits per heavy atom. The minimum atomic E-state index is -2.92. The van der Waals surface area contributed by atoms with Crippen LogP contribution in [0.15, 0.2) is 33.9 Å². The number of rotatable bonds is 7. The van der Waals surface area contributed by atoms with Crippen molar-refractivity contribution in [3.63, 3.8) is 0 Å². The van der Waals surface area contributed by atoms with Crippen molar-refractivity contribution in [3.05, 3.63) is 35.7 Å². The number of aromatic nitrogens is 2. The van der Waals surface area contributed by atoms with Gasteiger partial charge in [-0.05, 0) is 29.9 Å². The highest BCUT2D eigenvalue weighted by Gasteiger charge is 2.29. The van der Waals surface area contributed by atoms with E-state index in [1.165, 1.54) is 11.8 Å². The molecule has 9 heteroatoms. The lowest BCUT2D eigenvalue weighted by molar-refractivity contribution is -0.113. The number of sulfone groups is 1. The zero-order chi connectivity index (χ0) is 19.4. The van der Waals surface area contributed by atoms with Crippen molar-refractivity contribution in [2.45, 2.75) is 37.8 Å². The lowest BCUT2D eigenvalue weighted by Crippen LogP contribution is -2.15. The Hall–Kier alpha value is -1.87. The number of thioether (sulfide) groups is 1. The van der Waals surface area contributed by atoms with E-state index in [0.717, 1.165) is 11.3 Å². The fraction of sp³-hybridized carbons (Fsp3) is 0.500. The SMILES string of the molecule is CC(C)c1ccccc1NC(=O)CSc1nnc(C[C@@H]2CCS(=O)(=O)C2)o1. The summed E-state index contributed by atoms with van der Waals surface area (Å²) in [6, 6.07) is 7.73. The Kier molecular flexibility index (Phi) is 6.21. The van der Waals surface area contributed by atoms with Crippen LogP contribution in [0, 0.1) is 5.92 Å². The number of para-hydroxylation sites is 1. The van der Waals surface area contributed by atoms with E-state index in [2.05, 4.69) is 29.4 Å². The second-order valence-corrected chi connectivity index (χ2v) is 10.2. The van der Waals surface area contributed by atoms with Gasteiger partial charge in [-0.2, -0.15) is 0 Å². The Balaban J connectivity index is 1.51. The van der Waals surface area contributed by atoms with E-state index in [-0.39, 0.29) is 29.1 Å². The molecule has 1 aromatic heterocycles. The number of carbonyl (C=O) groups is 1. The van der Waals surface area contributed by atoms with Gasteiger partial charge in [0.15, 0.2) is 9.84 Å². The van der Waals surface area contributed by atoms with Crippen molar-refractivity contribution in [3.8, 4) is 0 Å². The van der Waals surface area contributed by atoms with Crippen LogP contribution in [0.2, 0.25) is 0 Å². The predicted molar refractivity (Wildman–Crippen MR) is 105 cm³/mol. The number of nitrogens with one attached hydrogen (secondary N) is 1. The Morgan fingerprint density at radius 3 is 2.81 bits per heavy atom. The van der Waals surface area contributed by atoms with Crippen molar-refractivity contribution < 1.29 is 17.6 Å². The summed E-state index contributed by atoms with van der Waals surface area (Å²) in [5.74, 6) is 1.18. The van der Waals surface area contributed by atoms with Crippen molar-refractivity contribution in [2.24, 2.45) is 5.92 Å². The molecule has 146 valence electrons. The maximum atomic E-state index is 12.2. The molecule has 0 bridgehead atoms. The molecule has 0 unspecified atom stereocenters. The topological polar surface area (TPSA) is 102 Å². The molecule has 1 aliphatic heterocycles. The summed E-state index contributed by atoms with van der Waals surface area (Å²) in [7, 11) is -2.92. The number of anilines is 1. The van der Waals surface area contributed by atoms with Crippen LogP contribution >= 0.6 is 11.8 Å². The molecular formula is C18H23N3O4S2. The third kappa shape index (κ3) is 5.55. The molecule has 2 heterocycles. The van der Waals surface area contributed by atoms with Crippen LogP contribution in [-0.4, -0.2) is 41.8 Å². The molecule has 1 fully saturated rings. The number of hydrogen-bond acceptors (Lipinski definition) is 7.